The van der Waals surface area contributed by atoms with Gasteiger partial charge < -0.3 is 10.4 Å². The van der Waals surface area contributed by atoms with E-state index in [2.05, 4.69) is 5.32 Å². The minimum absolute atomic E-state index is 0.00726. The zero-order valence-electron chi connectivity index (χ0n) is 8.90. The van der Waals surface area contributed by atoms with Crippen LogP contribution in [0.25, 0.3) is 0 Å². The number of amides is 1. The molecular weight excluding hydrogens is 226 g/mol. The second-order valence-corrected chi connectivity index (χ2v) is 4.15. The Morgan fingerprint density at radius 3 is 2.44 bits per heavy atom. The van der Waals surface area contributed by atoms with Crippen molar-refractivity contribution in [3.63, 3.8) is 0 Å². The van der Waals surface area contributed by atoms with Gasteiger partial charge in [0.15, 0.2) is 0 Å². The molecule has 0 heterocycles. The van der Waals surface area contributed by atoms with Crippen molar-refractivity contribution < 1.29 is 14.7 Å². The highest BCUT2D eigenvalue weighted by Crippen LogP contribution is 2.12. The van der Waals surface area contributed by atoms with Crippen LogP contribution >= 0.6 is 11.8 Å². The van der Waals surface area contributed by atoms with Crippen molar-refractivity contribution in [1.82, 2.24) is 5.32 Å². The summed E-state index contributed by atoms with van der Waals surface area (Å²) >= 11 is 1.49. The SMILES string of the molecule is CNC(=O)CSCc1ccc(C(=O)O)cc1. The topological polar surface area (TPSA) is 66.4 Å². The van der Waals surface area contributed by atoms with Gasteiger partial charge in [0.05, 0.1) is 11.3 Å². The normalized spacial score (nSPS) is 9.81. The molecule has 0 aliphatic rings. The van der Waals surface area contributed by atoms with Gasteiger partial charge in [0.1, 0.15) is 0 Å². The predicted molar refractivity (Wildman–Crippen MR) is 63.6 cm³/mol. The summed E-state index contributed by atoms with van der Waals surface area (Å²) in [4.78, 5) is 21.5. The average molecular weight is 239 g/mol. The summed E-state index contributed by atoms with van der Waals surface area (Å²) in [6, 6.07) is 6.66. The first-order chi connectivity index (χ1) is 7.63. The molecule has 1 aromatic carbocycles. The third-order valence-corrected chi connectivity index (χ3v) is 2.99. The van der Waals surface area contributed by atoms with Crippen LogP contribution in [0.4, 0.5) is 0 Å². The monoisotopic (exact) mass is 239 g/mol. The fourth-order valence-corrected chi connectivity index (χ4v) is 1.94. The number of hydrogen-bond donors (Lipinski definition) is 2. The Labute approximate surface area is 98.0 Å². The fourth-order valence-electron chi connectivity index (χ4n) is 1.08. The number of benzene rings is 1. The Morgan fingerprint density at radius 2 is 1.94 bits per heavy atom. The Hall–Kier alpha value is -1.49. The van der Waals surface area contributed by atoms with Gasteiger partial charge in [0, 0.05) is 12.8 Å². The van der Waals surface area contributed by atoms with Crippen LogP contribution in [0.3, 0.4) is 0 Å². The van der Waals surface area contributed by atoms with E-state index in [9.17, 15) is 9.59 Å². The van der Waals surface area contributed by atoms with Crippen molar-refractivity contribution in [2.24, 2.45) is 0 Å². The molecule has 0 saturated carbocycles. The van der Waals surface area contributed by atoms with Gasteiger partial charge in [0.25, 0.3) is 0 Å². The van der Waals surface area contributed by atoms with E-state index in [1.807, 2.05) is 0 Å². The van der Waals surface area contributed by atoms with Crippen molar-refractivity contribution in [1.29, 1.82) is 0 Å². The van der Waals surface area contributed by atoms with Crippen molar-refractivity contribution >= 4 is 23.6 Å². The third kappa shape index (κ3) is 3.94. The highest BCUT2D eigenvalue weighted by molar-refractivity contribution is 7.99. The Kier molecular flexibility index (Phi) is 4.85. The van der Waals surface area contributed by atoms with Gasteiger partial charge in [-0.2, -0.15) is 0 Å². The first kappa shape index (κ1) is 12.6. The number of carbonyl (C=O) groups is 2. The van der Waals surface area contributed by atoms with Gasteiger partial charge in [-0.05, 0) is 17.7 Å². The summed E-state index contributed by atoms with van der Waals surface area (Å²) in [5, 5.41) is 11.2. The highest BCUT2D eigenvalue weighted by Gasteiger charge is 2.02. The highest BCUT2D eigenvalue weighted by atomic mass is 32.2. The van der Waals surface area contributed by atoms with E-state index in [4.69, 9.17) is 5.11 Å². The standard InChI is InChI=1S/C11H13NO3S/c1-12-10(13)7-16-6-8-2-4-9(5-3-8)11(14)15/h2-5H,6-7H2,1H3,(H,12,13)(H,14,15). The molecule has 0 radical (unpaired) electrons. The van der Waals surface area contributed by atoms with Crippen LogP contribution in [0, 0.1) is 0 Å². The van der Waals surface area contributed by atoms with E-state index < -0.39 is 5.97 Å². The number of thioether (sulfide) groups is 1. The second-order valence-electron chi connectivity index (χ2n) is 3.17. The molecule has 1 aromatic rings. The maximum absolute atomic E-state index is 10.9. The van der Waals surface area contributed by atoms with E-state index in [-0.39, 0.29) is 11.5 Å². The largest absolute Gasteiger partial charge is 0.478 e. The minimum Gasteiger partial charge on any atom is -0.478 e. The Balaban J connectivity index is 2.43. The Bertz CT molecular complexity index is 375. The number of rotatable bonds is 5. The van der Waals surface area contributed by atoms with E-state index in [1.54, 1.807) is 31.3 Å². The lowest BCUT2D eigenvalue weighted by Crippen LogP contribution is -2.19. The lowest BCUT2D eigenvalue weighted by atomic mass is 10.1. The average Bonchev–Trinajstić information content (AvgIpc) is 2.29. The molecule has 2 N–H and O–H groups in total. The van der Waals surface area contributed by atoms with Gasteiger partial charge in [0.2, 0.25) is 5.91 Å². The molecule has 5 heteroatoms. The molecule has 0 unspecified atom stereocenters. The van der Waals surface area contributed by atoms with Crippen LogP contribution in [-0.4, -0.2) is 29.8 Å². The van der Waals surface area contributed by atoms with Crippen molar-refractivity contribution in [3.05, 3.63) is 35.4 Å². The molecular formula is C11H13NO3S. The zero-order chi connectivity index (χ0) is 12.0. The van der Waals surface area contributed by atoms with Crippen LogP contribution in [-0.2, 0) is 10.5 Å². The molecule has 0 spiro atoms. The molecule has 86 valence electrons. The van der Waals surface area contributed by atoms with E-state index in [0.717, 1.165) is 5.56 Å². The number of carboxylic acid groups (broad SMARTS) is 1. The van der Waals surface area contributed by atoms with Gasteiger partial charge in [-0.3, -0.25) is 4.79 Å². The number of aromatic carboxylic acids is 1. The van der Waals surface area contributed by atoms with Crippen LogP contribution in [0.1, 0.15) is 15.9 Å². The van der Waals surface area contributed by atoms with Gasteiger partial charge >= 0.3 is 5.97 Å². The van der Waals surface area contributed by atoms with E-state index >= 15 is 0 Å². The summed E-state index contributed by atoms with van der Waals surface area (Å²) in [7, 11) is 1.60. The summed E-state index contributed by atoms with van der Waals surface area (Å²) in [5.74, 6) is 0.182. The second kappa shape index (κ2) is 6.17. The Morgan fingerprint density at radius 1 is 1.31 bits per heavy atom. The first-order valence-corrected chi connectivity index (χ1v) is 5.89. The van der Waals surface area contributed by atoms with Crippen molar-refractivity contribution in [3.8, 4) is 0 Å². The maximum atomic E-state index is 10.9. The lowest BCUT2D eigenvalue weighted by molar-refractivity contribution is -0.118. The molecule has 1 amide bonds. The number of carboxylic acids is 1. The zero-order valence-corrected chi connectivity index (χ0v) is 9.71. The fraction of sp³-hybridized carbons (Fsp3) is 0.273. The number of nitrogens with one attached hydrogen (secondary N) is 1. The number of hydrogen-bond acceptors (Lipinski definition) is 3. The smallest absolute Gasteiger partial charge is 0.335 e. The first-order valence-electron chi connectivity index (χ1n) is 4.74. The molecule has 0 aromatic heterocycles. The molecule has 0 atom stereocenters. The summed E-state index contributed by atoms with van der Waals surface area (Å²) in [6.07, 6.45) is 0. The van der Waals surface area contributed by atoms with Crippen LogP contribution in [0.5, 0.6) is 0 Å². The molecule has 0 aliphatic heterocycles. The molecule has 0 saturated heterocycles. The lowest BCUT2D eigenvalue weighted by Gasteiger charge is -2.02. The summed E-state index contributed by atoms with van der Waals surface area (Å²) in [5.41, 5.74) is 1.29. The molecule has 0 bridgehead atoms. The van der Waals surface area contributed by atoms with Crippen LogP contribution in [0.2, 0.25) is 0 Å². The van der Waals surface area contributed by atoms with E-state index in [0.29, 0.717) is 11.5 Å². The van der Waals surface area contributed by atoms with E-state index in [1.165, 1.54) is 11.8 Å². The third-order valence-electron chi connectivity index (χ3n) is 1.98. The minimum atomic E-state index is -0.926. The summed E-state index contributed by atoms with van der Waals surface area (Å²) < 4.78 is 0. The van der Waals surface area contributed by atoms with Gasteiger partial charge in [-0.1, -0.05) is 12.1 Å². The van der Waals surface area contributed by atoms with Gasteiger partial charge in [-0.25, -0.2) is 4.79 Å². The number of carbonyl (C=O) groups excluding carboxylic acids is 1. The summed E-state index contributed by atoms with van der Waals surface area (Å²) in [6.45, 7) is 0. The quantitative estimate of drug-likeness (QED) is 0.814. The molecule has 0 fully saturated rings. The van der Waals surface area contributed by atoms with Crippen molar-refractivity contribution in [2.75, 3.05) is 12.8 Å². The van der Waals surface area contributed by atoms with Crippen LogP contribution < -0.4 is 5.32 Å². The molecule has 0 aliphatic carbocycles. The maximum Gasteiger partial charge on any atom is 0.335 e. The molecule has 4 nitrogen and oxygen atoms in total. The predicted octanol–water partition coefficient (Wildman–Crippen LogP) is 1.36. The molecule has 16 heavy (non-hydrogen) atoms. The van der Waals surface area contributed by atoms with Gasteiger partial charge in [-0.15, -0.1) is 11.8 Å². The van der Waals surface area contributed by atoms with Crippen LogP contribution in [0.15, 0.2) is 24.3 Å². The van der Waals surface area contributed by atoms with Crippen molar-refractivity contribution in [2.45, 2.75) is 5.75 Å². The molecule has 1 rings (SSSR count).